The monoisotopic (exact) mass is 308 g/mol. The average Bonchev–Trinajstić information content (AvgIpc) is 2.81. The number of methoxy groups -OCH3 is 1. The SMILES string of the molecule is CCCNCc1sc(Cc2cccc(F)c2)nc1COC. The molecular formula is C16H21FN2OS. The first-order valence-corrected chi connectivity index (χ1v) is 7.96. The van der Waals surface area contributed by atoms with Gasteiger partial charge in [-0.15, -0.1) is 11.3 Å². The van der Waals surface area contributed by atoms with E-state index in [1.165, 1.54) is 10.9 Å². The minimum Gasteiger partial charge on any atom is -0.378 e. The first-order valence-electron chi connectivity index (χ1n) is 7.14. The third-order valence-corrected chi connectivity index (χ3v) is 4.16. The maximum Gasteiger partial charge on any atom is 0.123 e. The third kappa shape index (κ3) is 4.88. The van der Waals surface area contributed by atoms with Crippen LogP contribution in [0.1, 0.15) is 34.5 Å². The second kappa shape index (κ2) is 8.22. The number of rotatable bonds is 8. The first kappa shape index (κ1) is 16.1. The highest BCUT2D eigenvalue weighted by atomic mass is 32.1. The molecule has 21 heavy (non-hydrogen) atoms. The molecule has 114 valence electrons. The Labute approximate surface area is 129 Å². The van der Waals surface area contributed by atoms with Gasteiger partial charge in [0.2, 0.25) is 0 Å². The van der Waals surface area contributed by atoms with Gasteiger partial charge in [0.05, 0.1) is 17.3 Å². The van der Waals surface area contributed by atoms with Crippen molar-refractivity contribution in [3.8, 4) is 0 Å². The van der Waals surface area contributed by atoms with Crippen molar-refractivity contribution in [2.45, 2.75) is 32.9 Å². The van der Waals surface area contributed by atoms with E-state index in [2.05, 4.69) is 17.2 Å². The zero-order valence-electron chi connectivity index (χ0n) is 12.5. The second-order valence-electron chi connectivity index (χ2n) is 4.89. The largest absolute Gasteiger partial charge is 0.378 e. The van der Waals surface area contributed by atoms with Crippen LogP contribution < -0.4 is 5.32 Å². The molecule has 0 bridgehead atoms. The summed E-state index contributed by atoms with van der Waals surface area (Å²) < 4.78 is 18.4. The first-order chi connectivity index (χ1) is 10.2. The van der Waals surface area contributed by atoms with Crippen molar-refractivity contribution >= 4 is 11.3 Å². The fourth-order valence-electron chi connectivity index (χ4n) is 2.10. The summed E-state index contributed by atoms with van der Waals surface area (Å²) in [4.78, 5) is 5.84. The summed E-state index contributed by atoms with van der Waals surface area (Å²) >= 11 is 1.67. The minimum atomic E-state index is -0.203. The van der Waals surface area contributed by atoms with E-state index in [0.717, 1.165) is 35.8 Å². The lowest BCUT2D eigenvalue weighted by atomic mass is 10.1. The summed E-state index contributed by atoms with van der Waals surface area (Å²) in [5.74, 6) is -0.203. The van der Waals surface area contributed by atoms with Crippen molar-refractivity contribution in [2.75, 3.05) is 13.7 Å². The summed E-state index contributed by atoms with van der Waals surface area (Å²) in [7, 11) is 1.68. The summed E-state index contributed by atoms with van der Waals surface area (Å²) in [6.07, 6.45) is 1.77. The number of thiazole rings is 1. The second-order valence-corrected chi connectivity index (χ2v) is 6.06. The van der Waals surface area contributed by atoms with Gasteiger partial charge in [-0.3, -0.25) is 0 Å². The minimum absolute atomic E-state index is 0.203. The topological polar surface area (TPSA) is 34.2 Å². The van der Waals surface area contributed by atoms with Gasteiger partial charge >= 0.3 is 0 Å². The Kier molecular flexibility index (Phi) is 6.29. The highest BCUT2D eigenvalue weighted by Crippen LogP contribution is 2.22. The number of ether oxygens (including phenoxy) is 1. The lowest BCUT2D eigenvalue weighted by Gasteiger charge is -2.02. The zero-order valence-corrected chi connectivity index (χ0v) is 13.3. The number of benzene rings is 1. The van der Waals surface area contributed by atoms with E-state index in [9.17, 15) is 4.39 Å². The molecule has 0 aliphatic heterocycles. The van der Waals surface area contributed by atoms with E-state index in [1.54, 1.807) is 30.6 Å². The Hall–Kier alpha value is -1.30. The third-order valence-electron chi connectivity index (χ3n) is 3.06. The molecule has 0 aliphatic carbocycles. The van der Waals surface area contributed by atoms with Gasteiger partial charge < -0.3 is 10.1 Å². The maximum atomic E-state index is 13.2. The summed E-state index contributed by atoms with van der Waals surface area (Å²) in [6, 6.07) is 6.68. The van der Waals surface area contributed by atoms with Crippen molar-refractivity contribution < 1.29 is 9.13 Å². The van der Waals surface area contributed by atoms with Crippen LogP contribution in [0.25, 0.3) is 0 Å². The highest BCUT2D eigenvalue weighted by Gasteiger charge is 2.11. The van der Waals surface area contributed by atoms with E-state index in [1.807, 2.05) is 6.07 Å². The number of aromatic nitrogens is 1. The average molecular weight is 308 g/mol. The molecule has 5 heteroatoms. The van der Waals surface area contributed by atoms with Gasteiger partial charge in [-0.25, -0.2) is 9.37 Å². The highest BCUT2D eigenvalue weighted by molar-refractivity contribution is 7.11. The molecule has 0 radical (unpaired) electrons. The summed E-state index contributed by atoms with van der Waals surface area (Å²) in [5, 5.41) is 4.39. The predicted octanol–water partition coefficient (Wildman–Crippen LogP) is 3.52. The Morgan fingerprint density at radius 3 is 2.95 bits per heavy atom. The van der Waals surface area contributed by atoms with Crippen molar-refractivity contribution in [2.24, 2.45) is 0 Å². The fourth-order valence-corrected chi connectivity index (χ4v) is 3.18. The van der Waals surface area contributed by atoms with Gasteiger partial charge in [-0.05, 0) is 30.7 Å². The Balaban J connectivity index is 2.10. The Morgan fingerprint density at radius 1 is 1.38 bits per heavy atom. The molecule has 0 aliphatic rings. The van der Waals surface area contributed by atoms with Crippen LogP contribution in [0.2, 0.25) is 0 Å². The molecule has 0 saturated heterocycles. The molecule has 2 rings (SSSR count). The molecule has 0 fully saturated rings. The van der Waals surface area contributed by atoms with Gasteiger partial charge in [-0.2, -0.15) is 0 Å². The van der Waals surface area contributed by atoms with Gasteiger partial charge in [0, 0.05) is 25.0 Å². The molecule has 2 aromatic rings. The van der Waals surface area contributed by atoms with Gasteiger partial charge in [-0.1, -0.05) is 19.1 Å². The van der Waals surface area contributed by atoms with Crippen LogP contribution in [-0.2, 0) is 24.3 Å². The normalized spacial score (nSPS) is 11.0. The number of nitrogens with one attached hydrogen (secondary N) is 1. The summed E-state index contributed by atoms with van der Waals surface area (Å²) in [6.45, 7) is 4.46. The maximum absolute atomic E-state index is 13.2. The lowest BCUT2D eigenvalue weighted by molar-refractivity contribution is 0.181. The molecule has 0 amide bonds. The van der Waals surface area contributed by atoms with E-state index < -0.39 is 0 Å². The molecule has 1 heterocycles. The van der Waals surface area contributed by atoms with Crippen molar-refractivity contribution in [3.05, 3.63) is 51.2 Å². The van der Waals surface area contributed by atoms with Gasteiger partial charge in [0.25, 0.3) is 0 Å². The van der Waals surface area contributed by atoms with Gasteiger partial charge in [0.1, 0.15) is 5.82 Å². The van der Waals surface area contributed by atoms with Crippen molar-refractivity contribution in [1.29, 1.82) is 0 Å². The molecule has 1 aromatic carbocycles. The van der Waals surface area contributed by atoms with Crippen molar-refractivity contribution in [3.63, 3.8) is 0 Å². The van der Waals surface area contributed by atoms with E-state index in [-0.39, 0.29) is 5.82 Å². The lowest BCUT2D eigenvalue weighted by Crippen LogP contribution is -2.14. The van der Waals surface area contributed by atoms with Crippen LogP contribution in [0.4, 0.5) is 4.39 Å². The van der Waals surface area contributed by atoms with Crippen LogP contribution in [0.3, 0.4) is 0 Å². The van der Waals surface area contributed by atoms with Crippen LogP contribution in [0.15, 0.2) is 24.3 Å². The van der Waals surface area contributed by atoms with Crippen LogP contribution in [-0.4, -0.2) is 18.6 Å². The molecule has 0 unspecified atom stereocenters. The van der Waals surface area contributed by atoms with Gasteiger partial charge in [0.15, 0.2) is 0 Å². The quantitative estimate of drug-likeness (QED) is 0.758. The molecule has 1 N–H and O–H groups in total. The van der Waals surface area contributed by atoms with E-state index in [0.29, 0.717) is 13.0 Å². The van der Waals surface area contributed by atoms with Crippen LogP contribution >= 0.6 is 11.3 Å². The van der Waals surface area contributed by atoms with E-state index in [4.69, 9.17) is 4.74 Å². The number of hydrogen-bond donors (Lipinski definition) is 1. The number of halogens is 1. The predicted molar refractivity (Wildman–Crippen MR) is 84.0 cm³/mol. The number of nitrogens with zero attached hydrogens (tertiary/aromatic N) is 1. The van der Waals surface area contributed by atoms with Crippen LogP contribution in [0, 0.1) is 5.82 Å². The fraction of sp³-hybridized carbons (Fsp3) is 0.438. The molecule has 0 spiro atoms. The molecule has 0 atom stereocenters. The Bertz CT molecular complexity index is 571. The van der Waals surface area contributed by atoms with Crippen molar-refractivity contribution in [1.82, 2.24) is 10.3 Å². The van der Waals surface area contributed by atoms with E-state index >= 15 is 0 Å². The molecule has 0 saturated carbocycles. The standard InChI is InChI=1S/C16H21FN2OS/c1-3-7-18-10-15-14(11-20-2)19-16(21-15)9-12-5-4-6-13(17)8-12/h4-6,8,18H,3,7,9-11H2,1-2H3. The Morgan fingerprint density at radius 2 is 2.24 bits per heavy atom. The molecule has 3 nitrogen and oxygen atoms in total. The molecule has 1 aromatic heterocycles. The smallest absolute Gasteiger partial charge is 0.123 e. The number of hydrogen-bond acceptors (Lipinski definition) is 4. The summed E-state index contributed by atoms with van der Waals surface area (Å²) in [5.41, 5.74) is 1.93. The van der Waals surface area contributed by atoms with Crippen LogP contribution in [0.5, 0.6) is 0 Å². The zero-order chi connectivity index (χ0) is 15.1. The molecular weight excluding hydrogens is 287 g/mol.